The van der Waals surface area contributed by atoms with E-state index in [2.05, 4.69) is 5.32 Å². The van der Waals surface area contributed by atoms with E-state index in [1.807, 2.05) is 0 Å². The summed E-state index contributed by atoms with van der Waals surface area (Å²) in [5.74, 6) is -0.229. The van der Waals surface area contributed by atoms with Crippen LogP contribution in [0, 0.1) is 10.1 Å². The van der Waals surface area contributed by atoms with Crippen molar-refractivity contribution >= 4 is 28.9 Å². The topological polar surface area (TPSA) is 115 Å². The first-order chi connectivity index (χ1) is 12.9. The van der Waals surface area contributed by atoms with Gasteiger partial charge in [0.2, 0.25) is 11.8 Å². The fourth-order valence-corrected chi connectivity index (χ4v) is 2.89. The highest BCUT2D eigenvalue weighted by molar-refractivity contribution is 5.96. The molecule has 0 atom stereocenters. The molecule has 0 spiro atoms. The molecule has 0 radical (unpaired) electrons. The van der Waals surface area contributed by atoms with E-state index in [9.17, 15) is 24.5 Å². The van der Waals surface area contributed by atoms with Gasteiger partial charge in [0.05, 0.1) is 11.1 Å². The number of amides is 2. The highest BCUT2D eigenvalue weighted by Crippen LogP contribution is 2.23. The number of aromatic nitrogens is 1. The van der Waals surface area contributed by atoms with Crippen LogP contribution in [0.3, 0.4) is 0 Å². The van der Waals surface area contributed by atoms with Gasteiger partial charge in [-0.2, -0.15) is 0 Å². The van der Waals surface area contributed by atoms with Crippen LogP contribution < -0.4 is 15.8 Å². The smallest absolute Gasteiger partial charge is 0.285 e. The zero-order chi connectivity index (χ0) is 19.4. The number of anilines is 2. The molecule has 1 aromatic carbocycles. The van der Waals surface area contributed by atoms with Crippen molar-refractivity contribution in [2.45, 2.75) is 25.8 Å². The molecule has 1 aromatic heterocycles. The monoisotopic (exact) mass is 370 g/mol. The largest absolute Gasteiger partial charge is 0.326 e. The zero-order valence-electron chi connectivity index (χ0n) is 14.5. The van der Waals surface area contributed by atoms with Crippen LogP contribution >= 0.6 is 0 Å². The SMILES string of the molecule is O=C(CCn1cc([N+](=O)[O-])ccc1=O)Nc1ccc(N2CCCC2=O)cc1. The first-order valence-corrected chi connectivity index (χ1v) is 8.49. The second-order valence-electron chi connectivity index (χ2n) is 6.17. The van der Waals surface area contributed by atoms with Gasteiger partial charge in [0.15, 0.2) is 0 Å². The van der Waals surface area contributed by atoms with E-state index in [0.29, 0.717) is 18.7 Å². The molecule has 1 saturated heterocycles. The second kappa shape index (κ2) is 7.81. The number of pyridine rings is 1. The molecule has 9 heteroatoms. The first-order valence-electron chi connectivity index (χ1n) is 8.49. The highest BCUT2D eigenvalue weighted by Gasteiger charge is 2.21. The molecule has 9 nitrogen and oxygen atoms in total. The summed E-state index contributed by atoms with van der Waals surface area (Å²) in [5.41, 5.74) is 0.746. The number of aryl methyl sites for hydroxylation is 1. The van der Waals surface area contributed by atoms with Crippen LogP contribution in [0.4, 0.5) is 17.1 Å². The predicted octanol–water partition coefficient (Wildman–Crippen LogP) is 1.91. The van der Waals surface area contributed by atoms with Gasteiger partial charge in [-0.05, 0) is 30.7 Å². The number of nitrogens with one attached hydrogen (secondary N) is 1. The van der Waals surface area contributed by atoms with Gasteiger partial charge >= 0.3 is 0 Å². The summed E-state index contributed by atoms with van der Waals surface area (Å²) in [6.45, 7) is 0.731. The Kier molecular flexibility index (Phi) is 5.30. The molecule has 0 aliphatic carbocycles. The lowest BCUT2D eigenvalue weighted by Crippen LogP contribution is -2.23. The molecule has 0 bridgehead atoms. The number of carbonyl (C=O) groups excluding carboxylic acids is 2. The lowest BCUT2D eigenvalue weighted by atomic mass is 10.2. The third-order valence-electron chi connectivity index (χ3n) is 4.29. The predicted molar refractivity (Wildman–Crippen MR) is 98.6 cm³/mol. The molecule has 0 unspecified atom stereocenters. The molecule has 2 amide bonds. The van der Waals surface area contributed by atoms with Gasteiger partial charge in [0.25, 0.3) is 11.2 Å². The average Bonchev–Trinajstić information content (AvgIpc) is 3.07. The van der Waals surface area contributed by atoms with Gasteiger partial charge in [-0.3, -0.25) is 24.5 Å². The molecule has 27 heavy (non-hydrogen) atoms. The van der Waals surface area contributed by atoms with Crippen LogP contribution in [0.15, 0.2) is 47.4 Å². The minimum atomic E-state index is -0.595. The summed E-state index contributed by atoms with van der Waals surface area (Å²) in [5, 5.41) is 13.5. The summed E-state index contributed by atoms with van der Waals surface area (Å²) >= 11 is 0. The van der Waals surface area contributed by atoms with Gasteiger partial charge in [-0.15, -0.1) is 0 Å². The van der Waals surface area contributed by atoms with E-state index < -0.39 is 10.5 Å². The van der Waals surface area contributed by atoms with Crippen LogP contribution in [0.5, 0.6) is 0 Å². The van der Waals surface area contributed by atoms with E-state index in [-0.39, 0.29) is 30.5 Å². The molecule has 1 fully saturated rings. The summed E-state index contributed by atoms with van der Waals surface area (Å²) in [6, 6.07) is 9.19. The highest BCUT2D eigenvalue weighted by atomic mass is 16.6. The van der Waals surface area contributed by atoms with Crippen molar-refractivity contribution in [2.75, 3.05) is 16.8 Å². The Balaban J connectivity index is 1.58. The summed E-state index contributed by atoms with van der Waals surface area (Å²) in [6.07, 6.45) is 2.51. The molecule has 2 heterocycles. The Morgan fingerprint density at radius 3 is 2.52 bits per heavy atom. The molecule has 1 aliphatic rings. The lowest BCUT2D eigenvalue weighted by Gasteiger charge is -2.16. The fraction of sp³-hybridized carbons (Fsp3) is 0.278. The fourth-order valence-electron chi connectivity index (χ4n) is 2.89. The van der Waals surface area contributed by atoms with Crippen molar-refractivity contribution in [1.82, 2.24) is 4.57 Å². The Hall–Kier alpha value is -3.49. The van der Waals surface area contributed by atoms with Crippen molar-refractivity contribution in [3.63, 3.8) is 0 Å². The molecule has 1 aliphatic heterocycles. The maximum atomic E-state index is 12.1. The van der Waals surface area contributed by atoms with Crippen molar-refractivity contribution in [3.05, 3.63) is 63.1 Å². The van der Waals surface area contributed by atoms with E-state index in [1.54, 1.807) is 29.2 Å². The van der Waals surface area contributed by atoms with Crippen molar-refractivity contribution in [3.8, 4) is 0 Å². The van der Waals surface area contributed by atoms with Crippen molar-refractivity contribution < 1.29 is 14.5 Å². The standard InChI is InChI=1S/C18H18N4O5/c23-16(9-11-20-12-15(22(26)27)7-8-17(20)24)19-13-3-5-14(6-4-13)21-10-1-2-18(21)25/h3-8,12H,1-2,9-11H2,(H,19,23). The van der Waals surface area contributed by atoms with Gasteiger partial charge in [-0.25, -0.2) is 0 Å². The minimum absolute atomic E-state index is 0.00651. The van der Waals surface area contributed by atoms with Crippen LogP contribution in [-0.2, 0) is 16.1 Å². The maximum absolute atomic E-state index is 12.1. The van der Waals surface area contributed by atoms with Crippen molar-refractivity contribution in [2.24, 2.45) is 0 Å². The van der Waals surface area contributed by atoms with Crippen LogP contribution in [0.25, 0.3) is 0 Å². The summed E-state index contributed by atoms with van der Waals surface area (Å²) < 4.78 is 1.14. The lowest BCUT2D eigenvalue weighted by molar-refractivity contribution is -0.385. The molecular formula is C18H18N4O5. The van der Waals surface area contributed by atoms with E-state index in [1.165, 1.54) is 0 Å². The van der Waals surface area contributed by atoms with E-state index in [4.69, 9.17) is 0 Å². The van der Waals surface area contributed by atoms with Crippen molar-refractivity contribution in [1.29, 1.82) is 0 Å². The molecule has 2 aromatic rings. The van der Waals surface area contributed by atoms with Crippen LogP contribution in [0.1, 0.15) is 19.3 Å². The van der Waals surface area contributed by atoms with E-state index in [0.717, 1.165) is 35.0 Å². The molecule has 0 saturated carbocycles. The van der Waals surface area contributed by atoms with Crippen LogP contribution in [-0.4, -0.2) is 27.8 Å². The number of nitrogens with zero attached hydrogens (tertiary/aromatic N) is 3. The zero-order valence-corrected chi connectivity index (χ0v) is 14.5. The second-order valence-corrected chi connectivity index (χ2v) is 6.17. The maximum Gasteiger partial charge on any atom is 0.285 e. The Bertz CT molecular complexity index is 936. The summed E-state index contributed by atoms with van der Waals surface area (Å²) in [4.78, 5) is 47.4. The third-order valence-corrected chi connectivity index (χ3v) is 4.29. The number of rotatable bonds is 6. The number of benzene rings is 1. The Morgan fingerprint density at radius 2 is 1.89 bits per heavy atom. The molecular weight excluding hydrogens is 352 g/mol. The third kappa shape index (κ3) is 4.38. The van der Waals surface area contributed by atoms with Gasteiger partial charge in [-0.1, -0.05) is 0 Å². The number of hydrogen-bond donors (Lipinski definition) is 1. The Labute approximate surface area is 154 Å². The molecule has 140 valence electrons. The van der Waals surface area contributed by atoms with E-state index >= 15 is 0 Å². The minimum Gasteiger partial charge on any atom is -0.326 e. The van der Waals surface area contributed by atoms with Gasteiger partial charge in [0, 0.05) is 49.4 Å². The summed E-state index contributed by atoms with van der Waals surface area (Å²) in [7, 11) is 0. The quantitative estimate of drug-likeness (QED) is 0.616. The number of carbonyl (C=O) groups is 2. The number of nitro groups is 1. The molecule has 1 N–H and O–H groups in total. The average molecular weight is 370 g/mol. The Morgan fingerprint density at radius 1 is 1.15 bits per heavy atom. The van der Waals surface area contributed by atoms with Gasteiger partial charge < -0.3 is 14.8 Å². The first kappa shape index (κ1) is 18.3. The molecule has 3 rings (SSSR count). The van der Waals surface area contributed by atoms with Gasteiger partial charge in [0.1, 0.15) is 0 Å². The normalized spacial score (nSPS) is 13.6. The number of hydrogen-bond acceptors (Lipinski definition) is 5. The van der Waals surface area contributed by atoms with Crippen LogP contribution in [0.2, 0.25) is 0 Å².